The quantitative estimate of drug-likeness (QED) is 0.848. The van der Waals surface area contributed by atoms with Gasteiger partial charge in [-0.1, -0.05) is 26.0 Å². The second-order valence-electron chi connectivity index (χ2n) is 5.04. The minimum atomic E-state index is -0.154. The van der Waals surface area contributed by atoms with Crippen LogP contribution in [-0.4, -0.2) is 17.3 Å². The molecule has 1 aromatic carbocycles. The van der Waals surface area contributed by atoms with Gasteiger partial charge in [0.2, 0.25) is 0 Å². The third-order valence-electron chi connectivity index (χ3n) is 3.24. The summed E-state index contributed by atoms with van der Waals surface area (Å²) in [4.78, 5) is 0. The Hall–Kier alpha value is -1.02. The number of aliphatic hydroxyl groups is 1. The van der Waals surface area contributed by atoms with E-state index >= 15 is 0 Å². The molecule has 2 nitrogen and oxygen atoms in total. The second-order valence-corrected chi connectivity index (χ2v) is 5.04. The summed E-state index contributed by atoms with van der Waals surface area (Å²) in [5.41, 5.74) is 2.48. The molecule has 1 aromatic rings. The highest BCUT2D eigenvalue weighted by molar-refractivity contribution is 5.38. The van der Waals surface area contributed by atoms with E-state index in [4.69, 9.17) is 4.74 Å². The lowest BCUT2D eigenvalue weighted by Gasteiger charge is -2.32. The molecule has 2 heteroatoms. The largest absolute Gasteiger partial charge is 0.490 e. The molecule has 1 aliphatic rings. The molecule has 0 unspecified atom stereocenters. The molecule has 1 N–H and O–H groups in total. The predicted octanol–water partition coefficient (Wildman–Crippen LogP) is 3.02. The van der Waals surface area contributed by atoms with Gasteiger partial charge in [-0.2, -0.15) is 0 Å². The van der Waals surface area contributed by atoms with Crippen molar-refractivity contribution in [2.45, 2.75) is 51.7 Å². The molecule has 1 saturated carbocycles. The van der Waals surface area contributed by atoms with Gasteiger partial charge in [0.05, 0.1) is 6.10 Å². The average Bonchev–Trinajstić information content (AvgIpc) is 2.18. The summed E-state index contributed by atoms with van der Waals surface area (Å²) in [6, 6.07) is 6.40. The van der Waals surface area contributed by atoms with Crippen molar-refractivity contribution in [3.8, 4) is 5.75 Å². The first-order chi connectivity index (χ1) is 7.56. The molecule has 0 spiro atoms. The molecule has 0 aromatic heterocycles. The summed E-state index contributed by atoms with van der Waals surface area (Å²) >= 11 is 0. The first-order valence-electron chi connectivity index (χ1n) is 6.01. The third kappa shape index (κ3) is 2.38. The van der Waals surface area contributed by atoms with E-state index in [0.29, 0.717) is 5.92 Å². The molecule has 88 valence electrons. The van der Waals surface area contributed by atoms with Gasteiger partial charge in [0.1, 0.15) is 11.9 Å². The zero-order valence-corrected chi connectivity index (χ0v) is 10.2. The van der Waals surface area contributed by atoms with Gasteiger partial charge >= 0.3 is 0 Å². The van der Waals surface area contributed by atoms with Crippen LogP contribution in [0.5, 0.6) is 5.75 Å². The molecule has 0 bridgehead atoms. The summed E-state index contributed by atoms with van der Waals surface area (Å²) in [5, 5.41) is 9.23. The molecule has 0 radical (unpaired) electrons. The highest BCUT2D eigenvalue weighted by Gasteiger charge is 2.29. The van der Waals surface area contributed by atoms with Gasteiger partial charge in [0.25, 0.3) is 0 Å². The summed E-state index contributed by atoms with van der Waals surface area (Å²) in [6.45, 7) is 6.43. The van der Waals surface area contributed by atoms with E-state index < -0.39 is 0 Å². The van der Waals surface area contributed by atoms with Gasteiger partial charge < -0.3 is 9.84 Å². The Morgan fingerprint density at radius 3 is 2.56 bits per heavy atom. The first kappa shape index (κ1) is 11.5. The Morgan fingerprint density at radius 2 is 2.00 bits per heavy atom. The van der Waals surface area contributed by atoms with Gasteiger partial charge in [-0.15, -0.1) is 0 Å². The van der Waals surface area contributed by atoms with Gasteiger partial charge in [0, 0.05) is 12.8 Å². The Labute approximate surface area is 97.3 Å². The first-order valence-corrected chi connectivity index (χ1v) is 6.01. The highest BCUT2D eigenvalue weighted by Crippen LogP contribution is 2.30. The highest BCUT2D eigenvalue weighted by atomic mass is 16.5. The Morgan fingerprint density at radius 1 is 1.31 bits per heavy atom. The predicted molar refractivity (Wildman–Crippen MR) is 64.9 cm³/mol. The molecule has 16 heavy (non-hydrogen) atoms. The number of benzene rings is 1. The van der Waals surface area contributed by atoms with Crippen molar-refractivity contribution in [2.24, 2.45) is 0 Å². The van der Waals surface area contributed by atoms with Crippen molar-refractivity contribution < 1.29 is 9.84 Å². The molecule has 0 atom stereocenters. The Kier molecular flexibility index (Phi) is 3.20. The van der Waals surface area contributed by atoms with E-state index in [1.54, 1.807) is 0 Å². The van der Waals surface area contributed by atoms with Crippen LogP contribution in [-0.2, 0) is 0 Å². The van der Waals surface area contributed by atoms with E-state index in [1.807, 2.05) is 0 Å². The van der Waals surface area contributed by atoms with E-state index in [2.05, 4.69) is 39.0 Å². The lowest BCUT2D eigenvalue weighted by molar-refractivity contribution is -0.0111. The summed E-state index contributed by atoms with van der Waals surface area (Å²) in [5.74, 6) is 1.50. The van der Waals surface area contributed by atoms with Crippen LogP contribution in [0, 0.1) is 6.92 Å². The zero-order valence-electron chi connectivity index (χ0n) is 10.2. The maximum absolute atomic E-state index is 9.23. The van der Waals surface area contributed by atoms with Crippen LogP contribution in [0.3, 0.4) is 0 Å². The van der Waals surface area contributed by atoms with Crippen molar-refractivity contribution in [1.29, 1.82) is 0 Å². The van der Waals surface area contributed by atoms with Crippen LogP contribution >= 0.6 is 0 Å². The molecule has 1 fully saturated rings. The molecule has 0 heterocycles. The lowest BCUT2D eigenvalue weighted by Crippen LogP contribution is -2.37. The van der Waals surface area contributed by atoms with Gasteiger partial charge in [-0.25, -0.2) is 0 Å². The summed E-state index contributed by atoms with van der Waals surface area (Å²) < 4.78 is 5.88. The number of aryl methyl sites for hydroxylation is 1. The molecule has 0 aliphatic heterocycles. The fraction of sp³-hybridized carbons (Fsp3) is 0.571. The van der Waals surface area contributed by atoms with Crippen LogP contribution in [0.1, 0.15) is 43.7 Å². The van der Waals surface area contributed by atoms with E-state index in [1.165, 1.54) is 11.1 Å². The molecule has 0 amide bonds. The Balaban J connectivity index is 2.09. The van der Waals surface area contributed by atoms with Crippen molar-refractivity contribution in [3.63, 3.8) is 0 Å². The minimum Gasteiger partial charge on any atom is -0.490 e. The van der Waals surface area contributed by atoms with E-state index in [0.717, 1.165) is 18.6 Å². The monoisotopic (exact) mass is 220 g/mol. The van der Waals surface area contributed by atoms with Gasteiger partial charge in [-0.05, 0) is 30.0 Å². The molecular weight excluding hydrogens is 200 g/mol. The Bertz CT molecular complexity index is 365. The lowest BCUT2D eigenvalue weighted by atomic mass is 9.92. The number of ether oxygens (including phenoxy) is 1. The van der Waals surface area contributed by atoms with Crippen LogP contribution in [0.4, 0.5) is 0 Å². The summed E-state index contributed by atoms with van der Waals surface area (Å²) in [6.07, 6.45) is 1.59. The second kappa shape index (κ2) is 4.46. The number of aliphatic hydroxyl groups excluding tert-OH is 1. The molecule has 2 rings (SSSR count). The molecule has 0 saturated heterocycles. The SMILES string of the molecule is Cc1ccc(C(C)C)cc1OC1CC(O)C1. The molecular formula is C14H20O2. The normalized spacial score (nSPS) is 24.3. The topological polar surface area (TPSA) is 29.5 Å². The van der Waals surface area contributed by atoms with Crippen LogP contribution < -0.4 is 4.74 Å². The number of hydrogen-bond donors (Lipinski definition) is 1. The standard InChI is InChI=1S/C14H20O2/c1-9(2)11-5-4-10(3)14(6-11)16-13-7-12(15)8-13/h4-6,9,12-13,15H,7-8H2,1-3H3. The fourth-order valence-electron chi connectivity index (χ4n) is 1.92. The van der Waals surface area contributed by atoms with Crippen molar-refractivity contribution >= 4 is 0 Å². The summed E-state index contributed by atoms with van der Waals surface area (Å²) in [7, 11) is 0. The van der Waals surface area contributed by atoms with Crippen molar-refractivity contribution in [2.75, 3.05) is 0 Å². The minimum absolute atomic E-state index is 0.154. The van der Waals surface area contributed by atoms with Gasteiger partial charge in [-0.3, -0.25) is 0 Å². The van der Waals surface area contributed by atoms with Gasteiger partial charge in [0.15, 0.2) is 0 Å². The van der Waals surface area contributed by atoms with Crippen LogP contribution in [0.25, 0.3) is 0 Å². The average molecular weight is 220 g/mol. The van der Waals surface area contributed by atoms with Crippen molar-refractivity contribution in [1.82, 2.24) is 0 Å². The maximum Gasteiger partial charge on any atom is 0.122 e. The third-order valence-corrected chi connectivity index (χ3v) is 3.24. The fourth-order valence-corrected chi connectivity index (χ4v) is 1.92. The molecule has 1 aliphatic carbocycles. The van der Waals surface area contributed by atoms with Crippen molar-refractivity contribution in [3.05, 3.63) is 29.3 Å². The number of rotatable bonds is 3. The smallest absolute Gasteiger partial charge is 0.122 e. The zero-order chi connectivity index (χ0) is 11.7. The number of hydrogen-bond acceptors (Lipinski definition) is 2. The van der Waals surface area contributed by atoms with E-state index in [9.17, 15) is 5.11 Å². The maximum atomic E-state index is 9.23. The van der Waals surface area contributed by atoms with E-state index in [-0.39, 0.29) is 12.2 Å². The van der Waals surface area contributed by atoms with Crippen LogP contribution in [0.2, 0.25) is 0 Å². The van der Waals surface area contributed by atoms with Crippen LogP contribution in [0.15, 0.2) is 18.2 Å².